The highest BCUT2D eigenvalue weighted by atomic mass is 16.6. The SMILES string of the molecule is CC1(C(=O)O)CCN(Cc2ccc(-c3ccccc3[N+](=O)[O-])o2)C1. The maximum absolute atomic E-state index is 11.3. The number of rotatable bonds is 5. The van der Waals surface area contributed by atoms with Crippen molar-refractivity contribution in [2.45, 2.75) is 19.9 Å². The normalized spacial score (nSPS) is 21.0. The molecule has 126 valence electrons. The van der Waals surface area contributed by atoms with Gasteiger partial charge in [0.2, 0.25) is 0 Å². The molecule has 3 rings (SSSR count). The van der Waals surface area contributed by atoms with Crippen LogP contribution in [0.3, 0.4) is 0 Å². The average molecular weight is 330 g/mol. The lowest BCUT2D eigenvalue weighted by Crippen LogP contribution is -2.31. The van der Waals surface area contributed by atoms with Gasteiger partial charge in [0.05, 0.1) is 22.4 Å². The quantitative estimate of drug-likeness (QED) is 0.668. The molecule has 0 saturated carbocycles. The predicted molar refractivity (Wildman–Crippen MR) is 86.4 cm³/mol. The first-order valence-corrected chi connectivity index (χ1v) is 7.67. The molecule has 1 aliphatic heterocycles. The van der Waals surface area contributed by atoms with Gasteiger partial charge in [-0.05, 0) is 38.1 Å². The number of benzene rings is 1. The number of carboxylic acids is 1. The number of likely N-dealkylation sites (tertiary alicyclic amines) is 1. The minimum Gasteiger partial charge on any atom is -0.481 e. The number of nitro benzene ring substituents is 1. The summed E-state index contributed by atoms with van der Waals surface area (Å²) in [6, 6.07) is 9.92. The number of nitro groups is 1. The molecule has 1 atom stereocenters. The van der Waals surface area contributed by atoms with Gasteiger partial charge in [-0.15, -0.1) is 0 Å². The topological polar surface area (TPSA) is 96.8 Å². The third-order valence-electron chi connectivity index (χ3n) is 4.48. The van der Waals surface area contributed by atoms with Crippen molar-refractivity contribution in [1.82, 2.24) is 4.90 Å². The Hall–Kier alpha value is -2.67. The number of furan rings is 1. The summed E-state index contributed by atoms with van der Waals surface area (Å²) in [5.74, 6) is 0.320. The van der Waals surface area contributed by atoms with Gasteiger partial charge in [-0.1, -0.05) is 12.1 Å². The van der Waals surface area contributed by atoms with Crippen molar-refractivity contribution in [3.63, 3.8) is 0 Å². The molecule has 1 aliphatic rings. The van der Waals surface area contributed by atoms with E-state index in [1.54, 1.807) is 37.3 Å². The molecule has 0 amide bonds. The maximum Gasteiger partial charge on any atom is 0.310 e. The Kier molecular flexibility index (Phi) is 4.11. The predicted octanol–water partition coefficient (Wildman–Crippen LogP) is 3.15. The number of para-hydroxylation sites is 1. The first-order valence-electron chi connectivity index (χ1n) is 7.67. The van der Waals surface area contributed by atoms with Gasteiger partial charge in [0, 0.05) is 12.6 Å². The fraction of sp³-hybridized carbons (Fsp3) is 0.353. The van der Waals surface area contributed by atoms with Crippen LogP contribution in [0.4, 0.5) is 5.69 Å². The Labute approximate surface area is 138 Å². The molecule has 1 N–H and O–H groups in total. The summed E-state index contributed by atoms with van der Waals surface area (Å²) in [7, 11) is 0. The Morgan fingerprint density at radius 3 is 2.79 bits per heavy atom. The Morgan fingerprint density at radius 1 is 1.38 bits per heavy atom. The van der Waals surface area contributed by atoms with Crippen molar-refractivity contribution in [2.24, 2.45) is 5.41 Å². The second kappa shape index (κ2) is 6.09. The molecule has 2 heterocycles. The smallest absolute Gasteiger partial charge is 0.310 e. The van der Waals surface area contributed by atoms with Gasteiger partial charge in [0.15, 0.2) is 0 Å². The molecule has 0 bridgehead atoms. The van der Waals surface area contributed by atoms with E-state index in [2.05, 4.69) is 0 Å². The highest BCUT2D eigenvalue weighted by molar-refractivity contribution is 5.74. The zero-order chi connectivity index (χ0) is 17.3. The molecule has 0 spiro atoms. The maximum atomic E-state index is 11.3. The van der Waals surface area contributed by atoms with Gasteiger partial charge in [-0.25, -0.2) is 0 Å². The first-order chi connectivity index (χ1) is 11.4. The standard InChI is InChI=1S/C17H18N2O5/c1-17(16(20)21)8-9-18(11-17)10-12-6-7-15(24-12)13-4-2-3-5-14(13)19(22)23/h2-7H,8-11H2,1H3,(H,20,21). The largest absolute Gasteiger partial charge is 0.481 e. The lowest BCUT2D eigenvalue weighted by Gasteiger charge is -2.19. The van der Waals surface area contributed by atoms with Crippen LogP contribution in [0.1, 0.15) is 19.1 Å². The van der Waals surface area contributed by atoms with E-state index >= 15 is 0 Å². The fourth-order valence-electron chi connectivity index (χ4n) is 3.04. The fourth-order valence-corrected chi connectivity index (χ4v) is 3.04. The summed E-state index contributed by atoms with van der Waals surface area (Å²) in [6.45, 7) is 3.38. The number of hydrogen-bond donors (Lipinski definition) is 1. The third kappa shape index (κ3) is 3.03. The van der Waals surface area contributed by atoms with Gasteiger partial charge >= 0.3 is 5.97 Å². The van der Waals surface area contributed by atoms with Crippen molar-refractivity contribution in [2.75, 3.05) is 13.1 Å². The Morgan fingerprint density at radius 2 is 2.12 bits per heavy atom. The van der Waals surface area contributed by atoms with Crippen molar-refractivity contribution in [3.8, 4) is 11.3 Å². The molecule has 7 heteroatoms. The van der Waals surface area contributed by atoms with Gasteiger partial charge in [0.1, 0.15) is 11.5 Å². The minimum atomic E-state index is -0.787. The van der Waals surface area contributed by atoms with Crippen molar-refractivity contribution in [3.05, 3.63) is 52.3 Å². The molecule has 2 aromatic rings. The van der Waals surface area contributed by atoms with E-state index in [4.69, 9.17) is 4.42 Å². The van der Waals surface area contributed by atoms with E-state index in [9.17, 15) is 20.0 Å². The van der Waals surface area contributed by atoms with E-state index in [1.807, 2.05) is 4.90 Å². The van der Waals surface area contributed by atoms with Crippen LogP contribution in [-0.4, -0.2) is 34.0 Å². The molecule has 7 nitrogen and oxygen atoms in total. The van der Waals surface area contributed by atoms with E-state index in [-0.39, 0.29) is 5.69 Å². The molecule has 1 aromatic carbocycles. The third-order valence-corrected chi connectivity index (χ3v) is 4.48. The molecule has 1 saturated heterocycles. The van der Waals surface area contributed by atoms with Crippen molar-refractivity contribution < 1.29 is 19.2 Å². The Bertz CT molecular complexity index is 785. The summed E-state index contributed by atoms with van der Waals surface area (Å²) < 4.78 is 5.76. The van der Waals surface area contributed by atoms with Gasteiger partial charge < -0.3 is 9.52 Å². The molecule has 0 radical (unpaired) electrons. The van der Waals surface area contributed by atoms with E-state index in [0.717, 1.165) is 0 Å². The average Bonchev–Trinajstić information content (AvgIpc) is 3.15. The van der Waals surface area contributed by atoms with Crippen LogP contribution in [0.2, 0.25) is 0 Å². The zero-order valence-electron chi connectivity index (χ0n) is 13.3. The molecule has 0 aliphatic carbocycles. The second-order valence-electron chi connectivity index (χ2n) is 6.37. The molecular formula is C17H18N2O5. The molecular weight excluding hydrogens is 312 g/mol. The number of aliphatic carboxylic acids is 1. The van der Waals surface area contributed by atoms with Crippen LogP contribution >= 0.6 is 0 Å². The van der Waals surface area contributed by atoms with Crippen molar-refractivity contribution in [1.29, 1.82) is 0 Å². The molecule has 1 aromatic heterocycles. The molecule has 1 fully saturated rings. The summed E-state index contributed by atoms with van der Waals surface area (Å²) >= 11 is 0. The monoisotopic (exact) mass is 330 g/mol. The summed E-state index contributed by atoms with van der Waals surface area (Å²) in [4.78, 5) is 24.0. The summed E-state index contributed by atoms with van der Waals surface area (Å²) in [5.41, 5.74) is -0.295. The summed E-state index contributed by atoms with van der Waals surface area (Å²) in [6.07, 6.45) is 0.597. The van der Waals surface area contributed by atoms with E-state index in [1.165, 1.54) is 6.07 Å². The van der Waals surface area contributed by atoms with Crippen LogP contribution in [-0.2, 0) is 11.3 Å². The van der Waals surface area contributed by atoms with Gasteiger partial charge in [-0.3, -0.25) is 19.8 Å². The van der Waals surface area contributed by atoms with Crippen LogP contribution in [0.25, 0.3) is 11.3 Å². The zero-order valence-corrected chi connectivity index (χ0v) is 13.3. The van der Waals surface area contributed by atoms with Crippen LogP contribution in [0.5, 0.6) is 0 Å². The van der Waals surface area contributed by atoms with E-state index in [0.29, 0.717) is 43.1 Å². The van der Waals surface area contributed by atoms with Gasteiger partial charge in [0.25, 0.3) is 5.69 Å². The van der Waals surface area contributed by atoms with E-state index < -0.39 is 16.3 Å². The highest BCUT2D eigenvalue weighted by Gasteiger charge is 2.40. The van der Waals surface area contributed by atoms with Crippen LogP contribution in [0, 0.1) is 15.5 Å². The Balaban J connectivity index is 1.76. The van der Waals surface area contributed by atoms with Crippen LogP contribution < -0.4 is 0 Å². The molecule has 1 unspecified atom stereocenters. The van der Waals surface area contributed by atoms with Crippen molar-refractivity contribution >= 4 is 11.7 Å². The lowest BCUT2D eigenvalue weighted by atomic mass is 9.90. The minimum absolute atomic E-state index is 0.00183. The number of carboxylic acid groups (broad SMARTS) is 1. The second-order valence-corrected chi connectivity index (χ2v) is 6.37. The van der Waals surface area contributed by atoms with Crippen LogP contribution in [0.15, 0.2) is 40.8 Å². The first kappa shape index (κ1) is 16.2. The lowest BCUT2D eigenvalue weighted by molar-refractivity contribution is -0.384. The highest BCUT2D eigenvalue weighted by Crippen LogP contribution is 2.33. The number of carbonyl (C=O) groups is 1. The summed E-state index contributed by atoms with van der Waals surface area (Å²) in [5, 5.41) is 20.4. The number of nitrogens with zero attached hydrogens (tertiary/aromatic N) is 2. The molecule has 24 heavy (non-hydrogen) atoms. The van der Waals surface area contributed by atoms with Gasteiger partial charge in [-0.2, -0.15) is 0 Å². The number of hydrogen-bond acceptors (Lipinski definition) is 5.